The number of halogens is 1. The van der Waals surface area contributed by atoms with E-state index in [0.717, 1.165) is 21.4 Å². The van der Waals surface area contributed by atoms with Gasteiger partial charge in [0.05, 0.1) is 11.4 Å². The normalized spacial score (nSPS) is 11.1. The summed E-state index contributed by atoms with van der Waals surface area (Å²) in [5, 5.41) is 0. The molecule has 4 heteroatoms. The highest BCUT2D eigenvalue weighted by molar-refractivity contribution is 9.10. The molecular weight excluding hydrogens is 342 g/mol. The van der Waals surface area contributed by atoms with Crippen LogP contribution >= 0.6 is 15.9 Å². The van der Waals surface area contributed by atoms with Crippen LogP contribution in [0.25, 0.3) is 0 Å². The first-order chi connectivity index (χ1) is 10.3. The van der Waals surface area contributed by atoms with E-state index in [1.54, 1.807) is 4.90 Å². The van der Waals surface area contributed by atoms with E-state index >= 15 is 0 Å². The van der Waals surface area contributed by atoms with Gasteiger partial charge in [-0.1, -0.05) is 40.2 Å². The van der Waals surface area contributed by atoms with Crippen molar-refractivity contribution in [1.29, 1.82) is 0 Å². The van der Waals surface area contributed by atoms with Crippen molar-refractivity contribution < 1.29 is 9.53 Å². The van der Waals surface area contributed by atoms with Crippen LogP contribution in [-0.2, 0) is 4.74 Å². The number of carbonyl (C=O) groups excluding carboxylic acids is 1. The molecule has 0 aliphatic carbocycles. The first-order valence-corrected chi connectivity index (χ1v) is 7.91. The molecule has 1 amide bonds. The van der Waals surface area contributed by atoms with Crippen LogP contribution in [0.15, 0.2) is 53.0 Å². The van der Waals surface area contributed by atoms with E-state index in [1.165, 1.54) is 0 Å². The van der Waals surface area contributed by atoms with E-state index in [4.69, 9.17) is 4.74 Å². The summed E-state index contributed by atoms with van der Waals surface area (Å²) in [4.78, 5) is 14.2. The number of amides is 1. The van der Waals surface area contributed by atoms with E-state index in [2.05, 4.69) is 15.9 Å². The highest BCUT2D eigenvalue weighted by Gasteiger charge is 2.25. The number of aryl methyl sites for hydroxylation is 1. The molecule has 2 rings (SSSR count). The number of rotatable bonds is 2. The number of carbonyl (C=O) groups is 1. The lowest BCUT2D eigenvalue weighted by Crippen LogP contribution is -2.33. The second kappa shape index (κ2) is 6.53. The average molecular weight is 362 g/mol. The molecule has 0 saturated carbocycles. The molecule has 0 spiro atoms. The predicted molar refractivity (Wildman–Crippen MR) is 93.7 cm³/mol. The number of ether oxygens (including phenoxy) is 1. The molecule has 116 valence electrons. The first kappa shape index (κ1) is 16.6. The lowest BCUT2D eigenvalue weighted by atomic mass is 10.2. The SMILES string of the molecule is Cc1ccc(N(C(=O)OC(C)(C)C)c2ccccc2)cc1Br. The van der Waals surface area contributed by atoms with Crippen LogP contribution in [0, 0.1) is 6.92 Å². The standard InChI is InChI=1S/C18H20BrNO2/c1-13-10-11-15(12-16(13)19)20(14-8-6-5-7-9-14)17(21)22-18(2,3)4/h5-12H,1-4H3. The highest BCUT2D eigenvalue weighted by atomic mass is 79.9. The fraction of sp³-hybridized carbons (Fsp3) is 0.278. The van der Waals surface area contributed by atoms with E-state index in [-0.39, 0.29) is 0 Å². The van der Waals surface area contributed by atoms with E-state index in [1.807, 2.05) is 76.2 Å². The van der Waals surface area contributed by atoms with Crippen LogP contribution < -0.4 is 4.90 Å². The molecule has 0 saturated heterocycles. The molecule has 0 radical (unpaired) electrons. The topological polar surface area (TPSA) is 29.5 Å². The van der Waals surface area contributed by atoms with Crippen molar-refractivity contribution in [3.8, 4) is 0 Å². The molecular formula is C18H20BrNO2. The van der Waals surface area contributed by atoms with Gasteiger partial charge < -0.3 is 4.74 Å². The highest BCUT2D eigenvalue weighted by Crippen LogP contribution is 2.30. The summed E-state index contributed by atoms with van der Waals surface area (Å²) in [6, 6.07) is 15.3. The Balaban J connectivity index is 2.46. The van der Waals surface area contributed by atoms with E-state index in [9.17, 15) is 4.79 Å². The van der Waals surface area contributed by atoms with Crippen molar-refractivity contribution in [1.82, 2.24) is 0 Å². The number of para-hydroxylation sites is 1. The minimum Gasteiger partial charge on any atom is -0.443 e. The van der Waals surface area contributed by atoms with Gasteiger partial charge in [0.2, 0.25) is 0 Å². The molecule has 0 atom stereocenters. The molecule has 0 bridgehead atoms. The van der Waals surface area contributed by atoms with Gasteiger partial charge in [0, 0.05) is 4.47 Å². The fourth-order valence-corrected chi connectivity index (χ4v) is 2.33. The third-order valence-electron chi connectivity index (χ3n) is 3.00. The van der Waals surface area contributed by atoms with Crippen LogP contribution in [0.3, 0.4) is 0 Å². The monoisotopic (exact) mass is 361 g/mol. The smallest absolute Gasteiger partial charge is 0.419 e. The Kier molecular flexibility index (Phi) is 4.91. The largest absolute Gasteiger partial charge is 0.443 e. The van der Waals surface area contributed by atoms with Gasteiger partial charge in [0.1, 0.15) is 5.60 Å². The minimum absolute atomic E-state index is 0.394. The van der Waals surface area contributed by atoms with Gasteiger partial charge in [-0.25, -0.2) is 9.69 Å². The Bertz CT molecular complexity index is 663. The Hall–Kier alpha value is -1.81. The quantitative estimate of drug-likeness (QED) is 0.673. The van der Waals surface area contributed by atoms with Gasteiger partial charge in [-0.05, 0) is 57.5 Å². The molecule has 2 aromatic rings. The second-order valence-electron chi connectivity index (χ2n) is 6.08. The Labute approximate surface area is 140 Å². The average Bonchev–Trinajstić information content (AvgIpc) is 2.42. The summed E-state index contributed by atoms with van der Waals surface area (Å²) in [6.07, 6.45) is -0.394. The predicted octanol–water partition coefficient (Wildman–Crippen LogP) is 5.83. The van der Waals surface area contributed by atoms with Gasteiger partial charge in [-0.15, -0.1) is 0 Å². The lowest BCUT2D eigenvalue weighted by Gasteiger charge is -2.27. The van der Waals surface area contributed by atoms with Crippen molar-refractivity contribution >= 4 is 33.4 Å². The Morgan fingerprint density at radius 3 is 2.23 bits per heavy atom. The molecule has 2 aromatic carbocycles. The summed E-state index contributed by atoms with van der Waals surface area (Å²) in [6.45, 7) is 7.59. The number of hydrogen-bond donors (Lipinski definition) is 0. The van der Waals surface area contributed by atoms with Gasteiger partial charge in [0.25, 0.3) is 0 Å². The lowest BCUT2D eigenvalue weighted by molar-refractivity contribution is 0.0599. The van der Waals surface area contributed by atoms with Crippen LogP contribution in [0.5, 0.6) is 0 Å². The number of benzene rings is 2. The molecule has 0 aromatic heterocycles. The van der Waals surface area contributed by atoms with E-state index < -0.39 is 11.7 Å². The Morgan fingerprint density at radius 1 is 1.05 bits per heavy atom. The van der Waals surface area contributed by atoms with Crippen LogP contribution in [-0.4, -0.2) is 11.7 Å². The molecule has 3 nitrogen and oxygen atoms in total. The van der Waals surface area contributed by atoms with Gasteiger partial charge in [-0.2, -0.15) is 0 Å². The maximum absolute atomic E-state index is 12.6. The summed E-state index contributed by atoms with van der Waals surface area (Å²) < 4.78 is 6.50. The molecule has 22 heavy (non-hydrogen) atoms. The maximum Gasteiger partial charge on any atom is 0.419 e. The van der Waals surface area contributed by atoms with Crippen molar-refractivity contribution in [3.05, 3.63) is 58.6 Å². The summed E-state index contributed by atoms with van der Waals surface area (Å²) in [5.74, 6) is 0. The van der Waals surface area contributed by atoms with Crippen molar-refractivity contribution in [2.45, 2.75) is 33.3 Å². The van der Waals surface area contributed by atoms with Crippen molar-refractivity contribution in [2.24, 2.45) is 0 Å². The zero-order valence-electron chi connectivity index (χ0n) is 13.3. The second-order valence-corrected chi connectivity index (χ2v) is 6.94. The molecule has 0 fully saturated rings. The van der Waals surface area contributed by atoms with Gasteiger partial charge in [-0.3, -0.25) is 0 Å². The van der Waals surface area contributed by atoms with Crippen molar-refractivity contribution in [2.75, 3.05) is 4.90 Å². The summed E-state index contributed by atoms with van der Waals surface area (Å²) in [7, 11) is 0. The fourth-order valence-electron chi connectivity index (χ4n) is 1.97. The van der Waals surface area contributed by atoms with Crippen LogP contribution in [0.2, 0.25) is 0 Å². The summed E-state index contributed by atoms with van der Waals surface area (Å²) in [5.41, 5.74) is 2.10. The van der Waals surface area contributed by atoms with E-state index in [0.29, 0.717) is 0 Å². The van der Waals surface area contributed by atoms with Gasteiger partial charge in [0.15, 0.2) is 0 Å². The summed E-state index contributed by atoms with van der Waals surface area (Å²) >= 11 is 3.52. The third-order valence-corrected chi connectivity index (χ3v) is 3.86. The number of hydrogen-bond acceptors (Lipinski definition) is 2. The Morgan fingerprint density at radius 2 is 1.68 bits per heavy atom. The van der Waals surface area contributed by atoms with Crippen LogP contribution in [0.4, 0.5) is 16.2 Å². The minimum atomic E-state index is -0.550. The zero-order valence-corrected chi connectivity index (χ0v) is 14.8. The first-order valence-electron chi connectivity index (χ1n) is 7.12. The molecule has 0 heterocycles. The van der Waals surface area contributed by atoms with Crippen LogP contribution in [0.1, 0.15) is 26.3 Å². The third kappa shape index (κ3) is 4.10. The molecule has 0 aliphatic heterocycles. The molecule has 0 aliphatic rings. The maximum atomic E-state index is 12.6. The number of nitrogens with zero attached hydrogens (tertiary/aromatic N) is 1. The molecule has 0 unspecified atom stereocenters. The van der Waals surface area contributed by atoms with Gasteiger partial charge >= 0.3 is 6.09 Å². The van der Waals surface area contributed by atoms with Crippen molar-refractivity contribution in [3.63, 3.8) is 0 Å². The zero-order chi connectivity index (χ0) is 16.3. The number of anilines is 2. The molecule has 0 N–H and O–H groups in total.